The number of hydrogen-bond acceptors (Lipinski definition) is 3. The van der Waals surface area contributed by atoms with Gasteiger partial charge in [0.2, 0.25) is 0 Å². The molecule has 3 N–H and O–H groups in total. The number of rotatable bonds is 6. The number of aliphatic carboxylic acids is 1. The third-order valence-electron chi connectivity index (χ3n) is 3.35. The van der Waals surface area contributed by atoms with Gasteiger partial charge in [-0.3, -0.25) is 9.59 Å². The molecule has 0 saturated heterocycles. The third kappa shape index (κ3) is 3.78. The zero-order valence-electron chi connectivity index (χ0n) is 12.0. The van der Waals surface area contributed by atoms with Crippen LogP contribution in [0.5, 0.6) is 0 Å². The smallest absolute Gasteiger partial charge is 0.313 e. The Morgan fingerprint density at radius 2 is 2.10 bits per heavy atom. The number of fused-ring (bicyclic) bond motifs is 1. The Balaban J connectivity index is 1.97. The van der Waals surface area contributed by atoms with Gasteiger partial charge in [-0.15, -0.1) is 11.8 Å². The van der Waals surface area contributed by atoms with Crippen LogP contribution in [0.4, 0.5) is 0 Å². The molecule has 0 unspecified atom stereocenters. The molecule has 5 nitrogen and oxygen atoms in total. The van der Waals surface area contributed by atoms with Gasteiger partial charge in [0.1, 0.15) is 5.69 Å². The molecule has 0 spiro atoms. The molecule has 0 aliphatic carbocycles. The topological polar surface area (TPSA) is 82.2 Å². The van der Waals surface area contributed by atoms with Crippen molar-refractivity contribution in [3.8, 4) is 0 Å². The summed E-state index contributed by atoms with van der Waals surface area (Å²) in [6, 6.07) is 5.85. The number of aromatic amines is 1. The molecule has 112 valence electrons. The molecule has 0 fully saturated rings. The van der Waals surface area contributed by atoms with E-state index in [1.807, 2.05) is 32.0 Å². The van der Waals surface area contributed by atoms with Crippen LogP contribution >= 0.6 is 11.8 Å². The predicted molar refractivity (Wildman–Crippen MR) is 85.1 cm³/mol. The van der Waals surface area contributed by atoms with Crippen LogP contribution in [0, 0.1) is 13.8 Å². The molecule has 1 amide bonds. The zero-order chi connectivity index (χ0) is 15.4. The van der Waals surface area contributed by atoms with Crippen LogP contribution in [0.25, 0.3) is 10.9 Å². The van der Waals surface area contributed by atoms with Crippen molar-refractivity contribution in [1.82, 2.24) is 10.3 Å². The number of carboxylic acid groups (broad SMARTS) is 1. The number of carbonyl (C=O) groups is 2. The van der Waals surface area contributed by atoms with Crippen LogP contribution in [0.1, 0.15) is 21.6 Å². The molecule has 1 heterocycles. The molecule has 2 aromatic rings. The number of benzene rings is 1. The number of carbonyl (C=O) groups excluding carboxylic acids is 1. The van der Waals surface area contributed by atoms with Gasteiger partial charge in [0.15, 0.2) is 0 Å². The van der Waals surface area contributed by atoms with Crippen molar-refractivity contribution < 1.29 is 14.7 Å². The highest BCUT2D eigenvalue weighted by Gasteiger charge is 2.11. The maximum absolute atomic E-state index is 12.0. The number of carboxylic acids is 1. The molecule has 21 heavy (non-hydrogen) atoms. The second kappa shape index (κ2) is 6.67. The lowest BCUT2D eigenvalue weighted by atomic mass is 10.1. The Hall–Kier alpha value is -1.95. The van der Waals surface area contributed by atoms with E-state index < -0.39 is 5.97 Å². The molecule has 0 saturated carbocycles. The quantitative estimate of drug-likeness (QED) is 0.715. The first-order valence-electron chi connectivity index (χ1n) is 6.65. The van der Waals surface area contributed by atoms with E-state index in [1.54, 1.807) is 0 Å². The summed E-state index contributed by atoms with van der Waals surface area (Å²) < 4.78 is 0. The van der Waals surface area contributed by atoms with Gasteiger partial charge in [-0.2, -0.15) is 0 Å². The van der Waals surface area contributed by atoms with E-state index in [1.165, 1.54) is 22.9 Å². The monoisotopic (exact) mass is 306 g/mol. The summed E-state index contributed by atoms with van der Waals surface area (Å²) >= 11 is 1.28. The average Bonchev–Trinajstić information content (AvgIpc) is 2.87. The lowest BCUT2D eigenvalue weighted by molar-refractivity contribution is -0.133. The highest BCUT2D eigenvalue weighted by Crippen LogP contribution is 2.22. The lowest BCUT2D eigenvalue weighted by Gasteiger charge is -2.02. The minimum absolute atomic E-state index is 0.0563. The Morgan fingerprint density at radius 1 is 1.33 bits per heavy atom. The Kier molecular flexibility index (Phi) is 4.90. The van der Waals surface area contributed by atoms with E-state index in [9.17, 15) is 9.59 Å². The van der Waals surface area contributed by atoms with Crippen LogP contribution in [0.2, 0.25) is 0 Å². The van der Waals surface area contributed by atoms with E-state index in [4.69, 9.17) is 5.11 Å². The fraction of sp³-hybridized carbons (Fsp3) is 0.333. The summed E-state index contributed by atoms with van der Waals surface area (Å²) in [5.41, 5.74) is 3.84. The molecule has 0 aliphatic rings. The number of hydrogen-bond donors (Lipinski definition) is 3. The van der Waals surface area contributed by atoms with Gasteiger partial charge in [0.25, 0.3) is 5.91 Å². The summed E-state index contributed by atoms with van der Waals surface area (Å²) in [7, 11) is 0. The van der Waals surface area contributed by atoms with Crippen molar-refractivity contribution in [2.24, 2.45) is 0 Å². The van der Waals surface area contributed by atoms with E-state index in [0.29, 0.717) is 18.0 Å². The lowest BCUT2D eigenvalue weighted by Crippen LogP contribution is -2.26. The van der Waals surface area contributed by atoms with Crippen LogP contribution in [0.15, 0.2) is 18.2 Å². The fourth-order valence-electron chi connectivity index (χ4n) is 2.07. The minimum Gasteiger partial charge on any atom is -0.481 e. The summed E-state index contributed by atoms with van der Waals surface area (Å²) in [6.45, 7) is 4.53. The van der Waals surface area contributed by atoms with Gasteiger partial charge in [0.05, 0.1) is 5.75 Å². The fourth-order valence-corrected chi connectivity index (χ4v) is 2.64. The third-order valence-corrected chi connectivity index (χ3v) is 4.29. The summed E-state index contributed by atoms with van der Waals surface area (Å²) in [6.07, 6.45) is 0. The van der Waals surface area contributed by atoms with Crippen molar-refractivity contribution in [1.29, 1.82) is 0 Å². The average molecular weight is 306 g/mol. The predicted octanol–water partition coefficient (Wildman–Crippen LogP) is 2.33. The Labute approximate surface area is 127 Å². The maximum Gasteiger partial charge on any atom is 0.313 e. The van der Waals surface area contributed by atoms with Crippen molar-refractivity contribution in [3.05, 3.63) is 35.0 Å². The summed E-state index contributed by atoms with van der Waals surface area (Å²) in [5, 5.41) is 12.4. The standard InChI is InChI=1S/C15H18N2O3S/c1-9-3-4-12-11(10(9)2)7-13(17-12)15(20)16-5-6-21-8-14(18)19/h3-4,7,17H,5-6,8H2,1-2H3,(H,16,20)(H,18,19). The molecule has 1 aromatic heterocycles. The van der Waals surface area contributed by atoms with E-state index in [-0.39, 0.29) is 11.7 Å². The molecular formula is C15H18N2O3S. The van der Waals surface area contributed by atoms with Gasteiger partial charge in [-0.1, -0.05) is 6.07 Å². The number of nitrogens with one attached hydrogen (secondary N) is 2. The SMILES string of the molecule is Cc1ccc2[nH]c(C(=O)NCCSCC(=O)O)cc2c1C. The number of thioether (sulfide) groups is 1. The second-order valence-electron chi connectivity index (χ2n) is 4.85. The summed E-state index contributed by atoms with van der Waals surface area (Å²) in [5.74, 6) is -0.371. The van der Waals surface area contributed by atoms with Crippen LogP contribution in [-0.2, 0) is 4.79 Å². The molecular weight excluding hydrogens is 288 g/mol. The highest BCUT2D eigenvalue weighted by atomic mass is 32.2. The molecule has 6 heteroatoms. The Bertz CT molecular complexity index is 679. The van der Waals surface area contributed by atoms with Gasteiger partial charge in [-0.05, 0) is 37.1 Å². The van der Waals surface area contributed by atoms with E-state index in [2.05, 4.69) is 10.3 Å². The first kappa shape index (κ1) is 15.4. The van der Waals surface area contributed by atoms with Gasteiger partial charge < -0.3 is 15.4 Å². The minimum atomic E-state index is -0.840. The van der Waals surface area contributed by atoms with Crippen molar-refractivity contribution >= 4 is 34.5 Å². The molecule has 0 bridgehead atoms. The Morgan fingerprint density at radius 3 is 2.81 bits per heavy atom. The number of H-pyrrole nitrogens is 1. The number of amides is 1. The highest BCUT2D eigenvalue weighted by molar-refractivity contribution is 7.99. The van der Waals surface area contributed by atoms with Crippen LogP contribution in [0.3, 0.4) is 0 Å². The van der Waals surface area contributed by atoms with Crippen molar-refractivity contribution in [3.63, 3.8) is 0 Å². The second-order valence-corrected chi connectivity index (χ2v) is 5.96. The van der Waals surface area contributed by atoms with Gasteiger partial charge in [0, 0.05) is 23.2 Å². The molecule has 1 aromatic carbocycles. The largest absolute Gasteiger partial charge is 0.481 e. The maximum atomic E-state index is 12.0. The van der Waals surface area contributed by atoms with E-state index in [0.717, 1.165) is 10.9 Å². The van der Waals surface area contributed by atoms with Crippen molar-refractivity contribution in [2.45, 2.75) is 13.8 Å². The molecule has 0 radical (unpaired) electrons. The summed E-state index contributed by atoms with van der Waals surface area (Å²) in [4.78, 5) is 25.5. The van der Waals surface area contributed by atoms with Crippen LogP contribution in [-0.4, -0.2) is 40.0 Å². The van der Waals surface area contributed by atoms with Gasteiger partial charge in [-0.25, -0.2) is 0 Å². The molecule has 2 rings (SSSR count). The first-order valence-corrected chi connectivity index (χ1v) is 7.81. The van der Waals surface area contributed by atoms with Crippen LogP contribution < -0.4 is 5.32 Å². The van der Waals surface area contributed by atoms with E-state index >= 15 is 0 Å². The van der Waals surface area contributed by atoms with Gasteiger partial charge >= 0.3 is 5.97 Å². The molecule has 0 aliphatic heterocycles. The number of aryl methyl sites for hydroxylation is 2. The molecule has 0 atom stereocenters. The normalized spacial score (nSPS) is 10.8. The van der Waals surface area contributed by atoms with Crippen molar-refractivity contribution in [2.75, 3.05) is 18.1 Å². The first-order chi connectivity index (χ1) is 9.99. The zero-order valence-corrected chi connectivity index (χ0v) is 12.8. The number of aromatic nitrogens is 1.